The summed E-state index contributed by atoms with van der Waals surface area (Å²) in [5.74, 6) is 1.50. The van der Waals surface area contributed by atoms with Crippen LogP contribution in [-0.4, -0.2) is 40.6 Å². The van der Waals surface area contributed by atoms with Crippen molar-refractivity contribution in [3.63, 3.8) is 0 Å². The second kappa shape index (κ2) is 6.78. The molecule has 7 heteroatoms. The number of allylic oxidation sites excluding steroid dienone is 1. The maximum Gasteiger partial charge on any atom is 0.229 e. The minimum Gasteiger partial charge on any atom is -0.462 e. The Hall–Kier alpha value is -2.41. The first-order valence-electron chi connectivity index (χ1n) is 7.65. The molecule has 1 unspecified atom stereocenters. The molecule has 0 saturated heterocycles. The zero-order chi connectivity index (χ0) is 16.1. The quantitative estimate of drug-likeness (QED) is 0.832. The third-order valence-corrected chi connectivity index (χ3v) is 4.09. The predicted octanol–water partition coefficient (Wildman–Crippen LogP) is 1.37. The average Bonchev–Trinajstić information content (AvgIpc) is 3.25. The van der Waals surface area contributed by atoms with Crippen molar-refractivity contribution in [1.82, 2.24) is 25.5 Å². The van der Waals surface area contributed by atoms with Crippen molar-refractivity contribution in [2.75, 3.05) is 20.4 Å². The molecule has 0 saturated carbocycles. The van der Waals surface area contributed by atoms with Crippen LogP contribution in [0.2, 0.25) is 0 Å². The smallest absolute Gasteiger partial charge is 0.229 e. The molecule has 0 radical (unpaired) electrons. The molecule has 1 N–H and O–H groups in total. The second-order valence-corrected chi connectivity index (χ2v) is 5.60. The second-order valence-electron chi connectivity index (χ2n) is 5.60. The first kappa shape index (κ1) is 15.5. The molecule has 2 heterocycles. The zero-order valence-electron chi connectivity index (χ0n) is 13.4. The Bertz CT molecular complexity index is 670. The molecule has 1 aliphatic heterocycles. The van der Waals surface area contributed by atoms with Gasteiger partial charge in [-0.25, -0.2) is 4.68 Å². The fourth-order valence-electron chi connectivity index (χ4n) is 2.96. The Balaban J connectivity index is 2.07. The number of nitrogens with one attached hydrogen (secondary N) is 1. The van der Waals surface area contributed by atoms with E-state index in [1.165, 1.54) is 5.56 Å². The van der Waals surface area contributed by atoms with E-state index in [0.29, 0.717) is 0 Å². The lowest BCUT2D eigenvalue weighted by Gasteiger charge is -2.34. The average molecular weight is 315 g/mol. The minimum atomic E-state index is -0.519. The summed E-state index contributed by atoms with van der Waals surface area (Å²) >= 11 is 0. The predicted molar refractivity (Wildman–Crippen MR) is 84.3 cm³/mol. The molecule has 0 fully saturated rings. The van der Waals surface area contributed by atoms with Crippen molar-refractivity contribution in [2.45, 2.75) is 25.3 Å². The van der Waals surface area contributed by atoms with E-state index in [9.17, 15) is 0 Å². The molecular formula is C16H21N5O2. The van der Waals surface area contributed by atoms with Gasteiger partial charge in [0.25, 0.3) is 0 Å². The van der Waals surface area contributed by atoms with Crippen LogP contribution in [0.15, 0.2) is 42.4 Å². The number of aromatic nitrogens is 4. The molecule has 0 bridgehead atoms. The molecule has 3 rings (SSSR count). The first-order valence-corrected chi connectivity index (χ1v) is 7.65. The molecular weight excluding hydrogens is 294 g/mol. The van der Waals surface area contributed by atoms with Gasteiger partial charge >= 0.3 is 0 Å². The topological polar surface area (TPSA) is 74.1 Å². The molecule has 1 aromatic heterocycles. The van der Waals surface area contributed by atoms with E-state index in [2.05, 4.69) is 33.0 Å². The zero-order valence-corrected chi connectivity index (χ0v) is 13.4. The number of tetrazole rings is 1. The molecule has 0 aliphatic carbocycles. The number of rotatable bonds is 7. The van der Waals surface area contributed by atoms with Crippen molar-refractivity contribution < 1.29 is 9.47 Å². The Labute approximate surface area is 135 Å². The largest absolute Gasteiger partial charge is 0.462 e. The molecule has 1 atom stereocenters. The molecule has 0 spiro atoms. The van der Waals surface area contributed by atoms with Crippen molar-refractivity contribution in [1.29, 1.82) is 0 Å². The standard InChI is InChI=1S/C16H21N5O2/c1-13-18-19-20-21(13)16(8-9-17-2,15-11-22-12-23-15)10-14-6-4-3-5-7-14/h3-7,11,17H,8-10,12H2,1-2H3. The highest BCUT2D eigenvalue weighted by Crippen LogP contribution is 2.36. The Morgan fingerprint density at radius 2 is 2.13 bits per heavy atom. The molecule has 2 aromatic rings. The summed E-state index contributed by atoms with van der Waals surface area (Å²) in [5, 5.41) is 15.3. The molecule has 0 amide bonds. The summed E-state index contributed by atoms with van der Waals surface area (Å²) in [4.78, 5) is 0. The summed E-state index contributed by atoms with van der Waals surface area (Å²) in [6.45, 7) is 2.93. The molecule has 23 heavy (non-hydrogen) atoms. The number of hydrogen-bond acceptors (Lipinski definition) is 6. The normalized spacial score (nSPS) is 16.3. The highest BCUT2D eigenvalue weighted by atomic mass is 16.7. The van der Waals surface area contributed by atoms with Gasteiger partial charge in [0, 0.05) is 6.42 Å². The highest BCUT2D eigenvalue weighted by molar-refractivity contribution is 5.23. The number of ether oxygens (including phenoxy) is 2. The third kappa shape index (κ3) is 3.05. The SMILES string of the molecule is CNCCC(Cc1ccccc1)(C1=COCO1)n1nnnc1C. The van der Waals surface area contributed by atoms with Crippen molar-refractivity contribution in [3.05, 3.63) is 53.7 Å². The molecule has 1 aromatic carbocycles. The Morgan fingerprint density at radius 3 is 2.74 bits per heavy atom. The van der Waals surface area contributed by atoms with Crippen LogP contribution in [0.3, 0.4) is 0 Å². The first-order chi connectivity index (χ1) is 11.3. The van der Waals surface area contributed by atoms with Gasteiger partial charge in [0.15, 0.2) is 5.76 Å². The Morgan fingerprint density at radius 1 is 1.30 bits per heavy atom. The van der Waals surface area contributed by atoms with Gasteiger partial charge < -0.3 is 14.8 Å². The van der Waals surface area contributed by atoms with Crippen LogP contribution < -0.4 is 5.32 Å². The van der Waals surface area contributed by atoms with Gasteiger partial charge in [-0.15, -0.1) is 5.10 Å². The van der Waals surface area contributed by atoms with E-state index >= 15 is 0 Å². The Kier molecular flexibility index (Phi) is 4.57. The summed E-state index contributed by atoms with van der Waals surface area (Å²) in [6, 6.07) is 10.3. The van der Waals surface area contributed by atoms with E-state index in [-0.39, 0.29) is 6.79 Å². The third-order valence-electron chi connectivity index (χ3n) is 4.09. The van der Waals surface area contributed by atoms with Crippen LogP contribution >= 0.6 is 0 Å². The lowest BCUT2D eigenvalue weighted by molar-refractivity contribution is 0.0501. The van der Waals surface area contributed by atoms with Crippen LogP contribution in [0, 0.1) is 6.92 Å². The molecule has 1 aliphatic rings. The van der Waals surface area contributed by atoms with Crippen molar-refractivity contribution in [2.24, 2.45) is 0 Å². The van der Waals surface area contributed by atoms with Crippen molar-refractivity contribution in [3.8, 4) is 0 Å². The van der Waals surface area contributed by atoms with Crippen molar-refractivity contribution >= 4 is 0 Å². The lowest BCUT2D eigenvalue weighted by atomic mass is 9.85. The van der Waals surface area contributed by atoms with Gasteiger partial charge in [0.05, 0.1) is 0 Å². The van der Waals surface area contributed by atoms with Gasteiger partial charge in [0.2, 0.25) is 6.79 Å². The fraction of sp³-hybridized carbons (Fsp3) is 0.438. The summed E-state index contributed by atoms with van der Waals surface area (Å²) in [7, 11) is 1.93. The molecule has 122 valence electrons. The number of benzene rings is 1. The lowest BCUT2D eigenvalue weighted by Crippen LogP contribution is -2.42. The molecule has 7 nitrogen and oxygen atoms in total. The summed E-state index contributed by atoms with van der Waals surface area (Å²) in [5.41, 5.74) is 0.670. The number of hydrogen-bond donors (Lipinski definition) is 1. The van der Waals surface area contributed by atoms with E-state index < -0.39 is 5.54 Å². The van der Waals surface area contributed by atoms with Crippen LogP contribution in [-0.2, 0) is 21.4 Å². The van der Waals surface area contributed by atoms with E-state index in [0.717, 1.165) is 31.0 Å². The van der Waals surface area contributed by atoms with Crippen LogP contribution in [0.5, 0.6) is 0 Å². The number of aryl methyl sites for hydroxylation is 1. The van der Waals surface area contributed by atoms with Crippen LogP contribution in [0.25, 0.3) is 0 Å². The van der Waals surface area contributed by atoms with Crippen LogP contribution in [0.1, 0.15) is 17.8 Å². The van der Waals surface area contributed by atoms with Gasteiger partial charge in [-0.05, 0) is 42.9 Å². The van der Waals surface area contributed by atoms with Gasteiger partial charge in [-0.2, -0.15) is 0 Å². The van der Waals surface area contributed by atoms with E-state index in [1.54, 1.807) is 6.26 Å². The highest BCUT2D eigenvalue weighted by Gasteiger charge is 2.42. The fourth-order valence-corrected chi connectivity index (χ4v) is 2.96. The van der Waals surface area contributed by atoms with E-state index in [4.69, 9.17) is 9.47 Å². The van der Waals surface area contributed by atoms with Gasteiger partial charge in [0.1, 0.15) is 17.6 Å². The summed E-state index contributed by atoms with van der Waals surface area (Å²) < 4.78 is 12.9. The number of nitrogens with zero attached hydrogens (tertiary/aromatic N) is 4. The maximum atomic E-state index is 5.76. The van der Waals surface area contributed by atoms with Gasteiger partial charge in [-0.1, -0.05) is 30.3 Å². The monoisotopic (exact) mass is 315 g/mol. The maximum absolute atomic E-state index is 5.76. The minimum absolute atomic E-state index is 0.229. The van der Waals surface area contributed by atoms with Gasteiger partial charge in [-0.3, -0.25) is 0 Å². The summed E-state index contributed by atoms with van der Waals surface area (Å²) in [6.07, 6.45) is 3.18. The van der Waals surface area contributed by atoms with Crippen LogP contribution in [0.4, 0.5) is 0 Å². The van der Waals surface area contributed by atoms with E-state index in [1.807, 2.05) is 36.9 Å².